The van der Waals surface area contributed by atoms with Crippen LogP contribution in [0.15, 0.2) is 24.4 Å². The molecule has 84 valence electrons. The van der Waals surface area contributed by atoms with Gasteiger partial charge in [-0.25, -0.2) is 9.78 Å². The lowest BCUT2D eigenvalue weighted by Gasteiger charge is -2.00. The summed E-state index contributed by atoms with van der Waals surface area (Å²) in [5, 5.41) is 2.54. The first-order valence-electron chi connectivity index (χ1n) is 4.61. The molecule has 0 bridgehead atoms. The number of carbonyl (C=O) groups is 2. The van der Waals surface area contributed by atoms with Crippen LogP contribution in [0, 0.1) is 0 Å². The molecule has 1 aromatic rings. The Morgan fingerprint density at radius 3 is 2.69 bits per heavy atom. The highest BCUT2D eigenvalue weighted by molar-refractivity contribution is 5.88. The van der Waals surface area contributed by atoms with Crippen LogP contribution in [0.2, 0.25) is 0 Å². The Morgan fingerprint density at radius 1 is 1.44 bits per heavy atom. The van der Waals surface area contributed by atoms with Crippen molar-refractivity contribution in [3.05, 3.63) is 30.0 Å². The zero-order chi connectivity index (χ0) is 12.0. The van der Waals surface area contributed by atoms with Crippen LogP contribution in [-0.2, 0) is 14.3 Å². The summed E-state index contributed by atoms with van der Waals surface area (Å²) >= 11 is 0. The van der Waals surface area contributed by atoms with E-state index >= 15 is 0 Å². The molecular formula is C11H12N2O3. The molecule has 0 atom stereocenters. The fraction of sp³-hybridized carbons (Fsp3) is 0.182. The molecule has 1 aromatic heterocycles. The molecule has 16 heavy (non-hydrogen) atoms. The third-order valence-electron chi connectivity index (χ3n) is 1.70. The molecule has 0 aromatic carbocycles. The summed E-state index contributed by atoms with van der Waals surface area (Å²) in [4.78, 5) is 25.5. The molecule has 1 amide bonds. The number of carbonyl (C=O) groups excluding carboxylic acids is 2. The molecule has 1 heterocycles. The van der Waals surface area contributed by atoms with Gasteiger partial charge in [0.05, 0.1) is 7.11 Å². The van der Waals surface area contributed by atoms with E-state index in [0.717, 1.165) is 5.56 Å². The Bertz CT molecular complexity index is 410. The second-order valence-corrected chi connectivity index (χ2v) is 3.01. The minimum atomic E-state index is -0.425. The van der Waals surface area contributed by atoms with Gasteiger partial charge in [-0.15, -0.1) is 0 Å². The fourth-order valence-electron chi connectivity index (χ4n) is 0.990. The van der Waals surface area contributed by atoms with Crippen molar-refractivity contribution >= 4 is 23.8 Å². The Morgan fingerprint density at radius 2 is 2.19 bits per heavy atom. The minimum Gasteiger partial charge on any atom is -0.466 e. The second-order valence-electron chi connectivity index (χ2n) is 3.01. The van der Waals surface area contributed by atoms with Gasteiger partial charge in [-0.3, -0.25) is 4.79 Å². The van der Waals surface area contributed by atoms with E-state index in [1.54, 1.807) is 24.4 Å². The molecule has 0 aliphatic heterocycles. The zero-order valence-electron chi connectivity index (χ0n) is 9.06. The lowest BCUT2D eigenvalue weighted by molar-refractivity contribution is -0.134. The normalized spacial score (nSPS) is 10.1. The number of anilines is 1. The summed E-state index contributed by atoms with van der Waals surface area (Å²) in [6.45, 7) is 1.41. The largest absolute Gasteiger partial charge is 0.466 e. The summed E-state index contributed by atoms with van der Waals surface area (Å²) in [5.41, 5.74) is 0.750. The number of methoxy groups -OCH3 is 1. The average Bonchev–Trinajstić information content (AvgIpc) is 2.27. The number of ether oxygens (including phenoxy) is 1. The number of rotatable bonds is 3. The maximum Gasteiger partial charge on any atom is 0.330 e. The van der Waals surface area contributed by atoms with Gasteiger partial charge in [0.15, 0.2) is 0 Å². The van der Waals surface area contributed by atoms with Crippen molar-refractivity contribution in [1.82, 2.24) is 4.98 Å². The third kappa shape index (κ3) is 3.91. The van der Waals surface area contributed by atoms with E-state index in [1.165, 1.54) is 20.1 Å². The highest BCUT2D eigenvalue weighted by Gasteiger charge is 1.96. The SMILES string of the molecule is COC(=O)C=Cc1ccc(NC(C)=O)nc1. The molecular weight excluding hydrogens is 208 g/mol. The van der Waals surface area contributed by atoms with Crippen LogP contribution < -0.4 is 5.32 Å². The van der Waals surface area contributed by atoms with E-state index in [9.17, 15) is 9.59 Å². The highest BCUT2D eigenvalue weighted by Crippen LogP contribution is 2.06. The maximum absolute atomic E-state index is 10.8. The molecule has 0 aliphatic carbocycles. The van der Waals surface area contributed by atoms with Crippen molar-refractivity contribution in [1.29, 1.82) is 0 Å². The number of pyridine rings is 1. The maximum atomic E-state index is 10.8. The minimum absolute atomic E-state index is 0.176. The van der Waals surface area contributed by atoms with Crippen LogP contribution in [0.25, 0.3) is 6.08 Å². The first kappa shape index (κ1) is 11.9. The Labute approximate surface area is 93.1 Å². The molecule has 5 heteroatoms. The van der Waals surface area contributed by atoms with E-state index < -0.39 is 5.97 Å². The van der Waals surface area contributed by atoms with Crippen molar-refractivity contribution in [3.63, 3.8) is 0 Å². The Kier molecular flexibility index (Phi) is 4.20. The molecule has 1 rings (SSSR count). The summed E-state index contributed by atoms with van der Waals surface area (Å²) < 4.78 is 4.45. The van der Waals surface area contributed by atoms with Crippen molar-refractivity contribution < 1.29 is 14.3 Å². The molecule has 0 spiro atoms. The molecule has 0 saturated carbocycles. The molecule has 1 N–H and O–H groups in total. The Balaban J connectivity index is 2.68. The van der Waals surface area contributed by atoms with E-state index in [0.29, 0.717) is 5.82 Å². The molecule has 5 nitrogen and oxygen atoms in total. The first-order valence-corrected chi connectivity index (χ1v) is 4.61. The van der Waals surface area contributed by atoms with Crippen LogP contribution in [-0.4, -0.2) is 24.0 Å². The number of hydrogen-bond acceptors (Lipinski definition) is 4. The van der Waals surface area contributed by atoms with Gasteiger partial charge in [0.1, 0.15) is 5.82 Å². The van der Waals surface area contributed by atoms with E-state index in [1.807, 2.05) is 0 Å². The van der Waals surface area contributed by atoms with Crippen molar-refractivity contribution in [2.45, 2.75) is 6.92 Å². The number of esters is 1. The van der Waals surface area contributed by atoms with Crippen LogP contribution in [0.3, 0.4) is 0 Å². The van der Waals surface area contributed by atoms with Gasteiger partial charge >= 0.3 is 5.97 Å². The highest BCUT2D eigenvalue weighted by atomic mass is 16.5. The monoisotopic (exact) mass is 220 g/mol. The summed E-state index contributed by atoms with van der Waals surface area (Å²) in [6.07, 6.45) is 4.43. The van der Waals surface area contributed by atoms with Gasteiger partial charge in [-0.1, -0.05) is 0 Å². The van der Waals surface area contributed by atoms with Crippen LogP contribution in [0.4, 0.5) is 5.82 Å². The fourth-order valence-corrected chi connectivity index (χ4v) is 0.990. The number of nitrogens with one attached hydrogen (secondary N) is 1. The van der Waals surface area contributed by atoms with E-state index in [4.69, 9.17) is 0 Å². The number of amides is 1. The molecule has 0 radical (unpaired) electrons. The summed E-state index contributed by atoms with van der Waals surface area (Å²) in [6, 6.07) is 3.38. The van der Waals surface area contributed by atoms with Gasteiger partial charge in [-0.05, 0) is 23.8 Å². The standard InChI is InChI=1S/C11H12N2O3/c1-8(14)13-10-5-3-9(7-12-10)4-6-11(15)16-2/h3-7H,1-2H3,(H,12,13,14). The van der Waals surface area contributed by atoms with Gasteiger partial charge in [0, 0.05) is 19.2 Å². The van der Waals surface area contributed by atoms with Crippen LogP contribution in [0.1, 0.15) is 12.5 Å². The number of aromatic nitrogens is 1. The third-order valence-corrected chi connectivity index (χ3v) is 1.70. The van der Waals surface area contributed by atoms with E-state index in [-0.39, 0.29) is 5.91 Å². The predicted molar refractivity (Wildman–Crippen MR) is 59.6 cm³/mol. The molecule has 0 saturated heterocycles. The topological polar surface area (TPSA) is 68.3 Å². The molecule has 0 unspecified atom stereocenters. The van der Waals surface area contributed by atoms with Crippen LogP contribution in [0.5, 0.6) is 0 Å². The molecule has 0 aliphatic rings. The smallest absolute Gasteiger partial charge is 0.330 e. The van der Waals surface area contributed by atoms with Gasteiger partial charge < -0.3 is 10.1 Å². The first-order chi connectivity index (χ1) is 7.61. The second kappa shape index (κ2) is 5.65. The quantitative estimate of drug-likeness (QED) is 0.614. The lowest BCUT2D eigenvalue weighted by Crippen LogP contribution is -2.06. The lowest BCUT2D eigenvalue weighted by atomic mass is 10.2. The summed E-state index contributed by atoms with van der Waals surface area (Å²) in [5.74, 6) is -0.126. The van der Waals surface area contributed by atoms with Crippen molar-refractivity contribution in [2.24, 2.45) is 0 Å². The Hall–Kier alpha value is -2.17. The number of hydrogen-bond donors (Lipinski definition) is 1. The predicted octanol–water partition coefficient (Wildman–Crippen LogP) is 1.23. The van der Waals surface area contributed by atoms with Crippen LogP contribution >= 0.6 is 0 Å². The van der Waals surface area contributed by atoms with Crippen molar-refractivity contribution in [3.8, 4) is 0 Å². The van der Waals surface area contributed by atoms with Gasteiger partial charge in [-0.2, -0.15) is 0 Å². The van der Waals surface area contributed by atoms with E-state index in [2.05, 4.69) is 15.0 Å². The van der Waals surface area contributed by atoms with Crippen molar-refractivity contribution in [2.75, 3.05) is 12.4 Å². The summed E-state index contributed by atoms with van der Waals surface area (Å²) in [7, 11) is 1.31. The van der Waals surface area contributed by atoms with Gasteiger partial charge in [0.25, 0.3) is 0 Å². The number of nitrogens with zero attached hydrogens (tertiary/aromatic N) is 1. The molecule has 0 fully saturated rings. The average molecular weight is 220 g/mol. The van der Waals surface area contributed by atoms with Gasteiger partial charge in [0.2, 0.25) is 5.91 Å². The zero-order valence-corrected chi connectivity index (χ0v) is 9.06.